The fourth-order valence-corrected chi connectivity index (χ4v) is 1.90. The van der Waals surface area contributed by atoms with Gasteiger partial charge in [-0.1, -0.05) is 23.2 Å². The van der Waals surface area contributed by atoms with Crippen molar-refractivity contribution in [2.75, 3.05) is 12.5 Å². The molecule has 0 amide bonds. The molecule has 0 atom stereocenters. The summed E-state index contributed by atoms with van der Waals surface area (Å²) in [6, 6.07) is 7.49. The number of rotatable bonds is 4. The topological polar surface area (TPSA) is 54.4 Å². The molecule has 0 heterocycles. The monoisotopic (exact) mass is 1030 g/mol. The van der Waals surface area contributed by atoms with Crippen LogP contribution >= 0.6 is 109 Å². The van der Waals surface area contributed by atoms with Crippen molar-refractivity contribution >= 4 is 121 Å². The fraction of sp³-hybridized carbons (Fsp3) is 0.125. The maximum Gasteiger partial charge on any atom is 0.188 e. The zero-order valence-electron chi connectivity index (χ0n) is 13.9. The summed E-state index contributed by atoms with van der Waals surface area (Å²) in [5.41, 5.74) is 0.367. The summed E-state index contributed by atoms with van der Waals surface area (Å²) in [5.74, 6) is -2.25. The number of halogens is 10. The number of alkyl halides is 1. The minimum atomic E-state index is -0.657. The largest absolute Gasteiger partial charge is 0.388 e. The van der Waals surface area contributed by atoms with E-state index in [1.165, 1.54) is 24.3 Å². The molecular weight excluding hydrogens is 1020 g/mol. The van der Waals surface area contributed by atoms with Gasteiger partial charge in [0, 0.05) is 48.4 Å². The first kappa shape index (κ1) is 33.3. The van der Waals surface area contributed by atoms with Crippen LogP contribution in [0.2, 0.25) is 10.0 Å². The second-order valence-corrected chi connectivity index (χ2v) is 21.8. The number of Topliss-reactive ketones (excluding diaryl/α,β-unsaturated/α-hetero) is 2. The van der Waals surface area contributed by atoms with Crippen LogP contribution in [0.15, 0.2) is 36.4 Å². The van der Waals surface area contributed by atoms with Crippen LogP contribution in [0.5, 0.6) is 0 Å². The van der Waals surface area contributed by atoms with Crippen molar-refractivity contribution in [3.8, 4) is 0 Å². The van der Waals surface area contributed by atoms with Crippen LogP contribution in [0, 0.1) is 11.6 Å². The predicted molar refractivity (Wildman–Crippen MR) is 145 cm³/mol. The molecule has 0 bridgehead atoms. The summed E-state index contributed by atoms with van der Waals surface area (Å²) < 4.78 is 25.5. The molecule has 164 valence electrons. The Morgan fingerprint density at radius 3 is 1.52 bits per heavy atom. The number of hydrogen-bond acceptors (Lipinski definition) is 3. The molecule has 2 aromatic carbocycles. The molecule has 0 aliphatic heterocycles. The number of benzene rings is 2. The first-order chi connectivity index (χ1) is 13.7. The molecule has 0 saturated carbocycles. The van der Waals surface area contributed by atoms with Gasteiger partial charge in [-0.05, 0) is 36.4 Å². The van der Waals surface area contributed by atoms with E-state index in [0.29, 0.717) is 13.3 Å². The second-order valence-electron chi connectivity index (χ2n) is 4.45. The van der Waals surface area contributed by atoms with E-state index in [4.69, 9.17) is 39.9 Å². The third-order valence-corrected chi connectivity index (χ3v) is 3.60. The van der Waals surface area contributed by atoms with E-state index in [9.17, 15) is 18.4 Å². The molecule has 1 N–H and O–H groups in total. The Balaban J connectivity index is 0. The summed E-state index contributed by atoms with van der Waals surface area (Å²) in [4.78, 5) is 21.8. The van der Waals surface area contributed by atoms with Crippen molar-refractivity contribution in [2.24, 2.45) is 0 Å². The number of aliphatic hydroxyl groups excluding tert-OH is 1. The average Bonchev–Trinajstić information content (AvgIpc) is 2.73. The van der Waals surface area contributed by atoms with Gasteiger partial charge in [0.15, 0.2) is 11.6 Å². The molecule has 13 heteroatoms. The molecule has 0 aliphatic rings. The van der Waals surface area contributed by atoms with E-state index in [1.54, 1.807) is 0 Å². The van der Waals surface area contributed by atoms with Gasteiger partial charge < -0.3 is 5.11 Å². The van der Waals surface area contributed by atoms with Crippen LogP contribution in [0.3, 0.4) is 0 Å². The van der Waals surface area contributed by atoms with Crippen LogP contribution in [0.25, 0.3) is 0 Å². The van der Waals surface area contributed by atoms with E-state index < -0.39 is 24.0 Å². The van der Waals surface area contributed by atoms with Crippen LogP contribution in [-0.2, 0) is 0 Å². The standard InChI is InChI=1S/C8H5Cl2FO.C8H6ClFO2.I3.I2/c9-4-8(12)5-1-2-6(10)7(11)3-5;9-6-2-1-5(3-7(6)10)8(12)4-11;1-3-2;1-2/h1-3H,4H2;1-3,11H,4H2;;/q;;-1;. The molecular formula is C16H11Cl3F2I5O3-. The Labute approximate surface area is 235 Å². The molecule has 2 aromatic rings. The number of carbonyl (C=O) groups excluding carboxylic acids is 2. The Morgan fingerprint density at radius 1 is 0.897 bits per heavy atom. The van der Waals surface area contributed by atoms with Crippen molar-refractivity contribution in [1.29, 1.82) is 0 Å². The minimum absolute atomic E-state index is 0.00104. The molecule has 0 aromatic heterocycles. The SMILES string of the molecule is II.I[I-]I.O=C(CCl)c1ccc(Cl)c(F)c1.O=C(CO)c1ccc(Cl)c(F)c1. The smallest absolute Gasteiger partial charge is 0.188 e. The van der Waals surface area contributed by atoms with E-state index >= 15 is 0 Å². The third kappa shape index (κ3) is 14.8. The van der Waals surface area contributed by atoms with Crippen LogP contribution in [-0.4, -0.2) is 29.2 Å². The van der Waals surface area contributed by atoms with Gasteiger partial charge in [0.05, 0.1) is 15.9 Å². The normalized spacial score (nSPS) is 9.17. The predicted octanol–water partition coefficient (Wildman–Crippen LogP) is 5.10. The molecule has 3 nitrogen and oxygen atoms in total. The first-order valence-electron chi connectivity index (χ1n) is 6.86. The van der Waals surface area contributed by atoms with Crippen molar-refractivity contribution in [2.45, 2.75) is 0 Å². The number of carbonyl (C=O) groups is 2. The molecule has 0 fully saturated rings. The first-order valence-corrected chi connectivity index (χ1v) is 27.0. The Kier molecular flexibility index (Phi) is 23.8. The van der Waals surface area contributed by atoms with Gasteiger partial charge >= 0.3 is 50.5 Å². The zero-order valence-corrected chi connectivity index (χ0v) is 27.0. The molecule has 0 radical (unpaired) electrons. The Morgan fingerprint density at radius 2 is 1.24 bits per heavy atom. The van der Waals surface area contributed by atoms with Gasteiger partial charge in [0.25, 0.3) is 0 Å². The van der Waals surface area contributed by atoms with E-state index in [0.717, 1.165) is 12.1 Å². The number of aliphatic hydroxyl groups is 1. The maximum atomic E-state index is 12.7. The Hall–Kier alpha value is 2.12. The fourth-order valence-electron chi connectivity index (χ4n) is 1.51. The second kappa shape index (κ2) is 20.7. The maximum absolute atomic E-state index is 12.7. The van der Waals surface area contributed by atoms with Gasteiger partial charge in [-0.15, -0.1) is 11.6 Å². The Bertz CT molecular complexity index is 722. The van der Waals surface area contributed by atoms with Crippen molar-refractivity contribution in [1.82, 2.24) is 0 Å². The van der Waals surface area contributed by atoms with Crippen LogP contribution in [0.4, 0.5) is 8.78 Å². The third-order valence-electron chi connectivity index (χ3n) is 2.75. The molecule has 2 rings (SSSR count). The summed E-state index contributed by atoms with van der Waals surface area (Å²) in [6.45, 7) is -0.624. The molecule has 0 saturated heterocycles. The van der Waals surface area contributed by atoms with Gasteiger partial charge in [0.2, 0.25) is 0 Å². The van der Waals surface area contributed by atoms with E-state index in [2.05, 4.69) is 74.5 Å². The molecule has 0 unspecified atom stereocenters. The average molecular weight is 1030 g/mol. The zero-order chi connectivity index (χ0) is 23.0. The summed E-state index contributed by atoms with van der Waals surface area (Å²) in [6.07, 6.45) is 0. The van der Waals surface area contributed by atoms with E-state index in [1.807, 2.05) is 0 Å². The van der Waals surface area contributed by atoms with Crippen molar-refractivity contribution < 1.29 is 36.7 Å². The van der Waals surface area contributed by atoms with Gasteiger partial charge in [0.1, 0.15) is 18.2 Å². The van der Waals surface area contributed by atoms with Gasteiger partial charge in [-0.3, -0.25) is 9.59 Å². The van der Waals surface area contributed by atoms with E-state index in [-0.39, 0.29) is 32.8 Å². The van der Waals surface area contributed by atoms with Crippen LogP contribution in [0.1, 0.15) is 20.7 Å². The van der Waals surface area contributed by atoms with Gasteiger partial charge in [-0.2, -0.15) is 0 Å². The molecule has 0 aliphatic carbocycles. The summed E-state index contributed by atoms with van der Waals surface area (Å²) >= 11 is 25.6. The van der Waals surface area contributed by atoms with Crippen LogP contribution < -0.4 is 13.3 Å². The summed E-state index contributed by atoms with van der Waals surface area (Å²) in [5, 5.41) is 8.41. The summed E-state index contributed by atoms with van der Waals surface area (Å²) in [7, 11) is 0. The molecule has 0 spiro atoms. The number of hydrogen-bond donors (Lipinski definition) is 1. The quantitative estimate of drug-likeness (QED) is 0.264. The van der Waals surface area contributed by atoms with Crippen molar-refractivity contribution in [3.05, 3.63) is 69.2 Å². The van der Waals surface area contributed by atoms with Crippen molar-refractivity contribution in [3.63, 3.8) is 0 Å². The minimum Gasteiger partial charge on any atom is -0.388 e. The number of ketones is 2. The molecule has 29 heavy (non-hydrogen) atoms. The van der Waals surface area contributed by atoms with Gasteiger partial charge in [-0.25, -0.2) is 8.78 Å².